The van der Waals surface area contributed by atoms with Crippen LogP contribution < -0.4 is 4.90 Å². The van der Waals surface area contributed by atoms with Gasteiger partial charge >= 0.3 is 0 Å². The third kappa shape index (κ3) is 3.36. The second-order valence-corrected chi connectivity index (χ2v) is 7.99. The average molecular weight is 334 g/mol. The van der Waals surface area contributed by atoms with Gasteiger partial charge in [-0.1, -0.05) is 11.3 Å². The van der Waals surface area contributed by atoms with E-state index < -0.39 is 0 Å². The van der Waals surface area contributed by atoms with E-state index in [0.717, 1.165) is 34.8 Å². The zero-order chi connectivity index (χ0) is 15.8. The third-order valence-corrected chi connectivity index (χ3v) is 6.04. The molecule has 0 aliphatic carbocycles. The van der Waals surface area contributed by atoms with Gasteiger partial charge in [0, 0.05) is 45.8 Å². The number of rotatable bonds is 3. The van der Waals surface area contributed by atoms with Crippen LogP contribution in [0.15, 0.2) is 6.20 Å². The Labute approximate surface area is 141 Å². The first-order valence-electron chi connectivity index (χ1n) is 8.66. The highest BCUT2D eigenvalue weighted by Crippen LogP contribution is 2.28. The van der Waals surface area contributed by atoms with Gasteiger partial charge in [-0.05, 0) is 32.7 Å². The molecule has 2 aliphatic rings. The molecule has 0 bridgehead atoms. The number of likely N-dealkylation sites (N-methyl/N-ethyl adjacent to an activating group) is 1. The first kappa shape index (κ1) is 15.4. The Morgan fingerprint density at radius 1 is 1.22 bits per heavy atom. The standard InChI is InChI=1S/C16H26N6S/c1-13-10-22-15(17-13)23-16(18-22)21-5-3-4-14(12-21)11-20-8-6-19(2)7-9-20/h10,14H,3-9,11-12H2,1-2H3/t14-/m0/s1. The Hall–Kier alpha value is -1.18. The van der Waals surface area contributed by atoms with Crippen molar-refractivity contribution in [2.75, 3.05) is 57.8 Å². The first-order valence-corrected chi connectivity index (χ1v) is 9.48. The van der Waals surface area contributed by atoms with Crippen molar-refractivity contribution in [2.45, 2.75) is 19.8 Å². The van der Waals surface area contributed by atoms with Crippen LogP contribution >= 0.6 is 11.3 Å². The summed E-state index contributed by atoms with van der Waals surface area (Å²) in [5.41, 5.74) is 1.04. The van der Waals surface area contributed by atoms with Crippen molar-refractivity contribution in [3.63, 3.8) is 0 Å². The van der Waals surface area contributed by atoms with Gasteiger partial charge in [-0.15, -0.1) is 5.10 Å². The van der Waals surface area contributed by atoms with Gasteiger partial charge in [-0.25, -0.2) is 9.50 Å². The van der Waals surface area contributed by atoms with E-state index in [0.29, 0.717) is 0 Å². The smallest absolute Gasteiger partial charge is 0.214 e. The highest BCUT2D eigenvalue weighted by atomic mass is 32.1. The molecule has 4 heterocycles. The van der Waals surface area contributed by atoms with E-state index in [2.05, 4.69) is 26.7 Å². The highest BCUT2D eigenvalue weighted by molar-refractivity contribution is 7.20. The van der Waals surface area contributed by atoms with E-state index in [-0.39, 0.29) is 0 Å². The van der Waals surface area contributed by atoms with Gasteiger partial charge < -0.3 is 14.7 Å². The molecule has 0 aromatic carbocycles. The van der Waals surface area contributed by atoms with Gasteiger partial charge in [0.05, 0.1) is 11.9 Å². The van der Waals surface area contributed by atoms with Crippen LogP contribution in [0.25, 0.3) is 4.96 Å². The molecule has 0 saturated carbocycles. The summed E-state index contributed by atoms with van der Waals surface area (Å²) in [6.45, 7) is 10.4. The maximum absolute atomic E-state index is 4.73. The predicted octanol–water partition coefficient (Wildman–Crippen LogP) is 1.56. The Bertz CT molecular complexity index is 625. The summed E-state index contributed by atoms with van der Waals surface area (Å²) in [6.07, 6.45) is 4.64. The normalized spacial score (nSPS) is 24.6. The Kier molecular flexibility index (Phi) is 4.26. The SMILES string of the molecule is Cc1cn2nc(N3CCC[C@@H](CN4CCN(C)CC4)C3)sc2n1. The average Bonchev–Trinajstić information content (AvgIpc) is 3.07. The van der Waals surface area contributed by atoms with Crippen LogP contribution in [0.2, 0.25) is 0 Å². The number of anilines is 1. The van der Waals surface area contributed by atoms with Crippen LogP contribution in [0, 0.1) is 12.8 Å². The molecule has 2 saturated heterocycles. The maximum Gasteiger partial charge on any atom is 0.214 e. The number of imidazole rings is 1. The molecule has 0 radical (unpaired) electrons. The lowest BCUT2D eigenvalue weighted by Crippen LogP contribution is -2.48. The Balaban J connectivity index is 1.39. The van der Waals surface area contributed by atoms with Crippen molar-refractivity contribution in [1.82, 2.24) is 24.4 Å². The number of fused-ring (bicyclic) bond motifs is 1. The zero-order valence-corrected chi connectivity index (χ0v) is 14.9. The van der Waals surface area contributed by atoms with Gasteiger partial charge in [0.15, 0.2) is 0 Å². The van der Waals surface area contributed by atoms with Crippen molar-refractivity contribution in [3.05, 3.63) is 11.9 Å². The number of piperidine rings is 1. The molecule has 126 valence electrons. The molecule has 1 atom stereocenters. The minimum Gasteiger partial charge on any atom is -0.346 e. The first-order chi connectivity index (χ1) is 11.2. The zero-order valence-electron chi connectivity index (χ0n) is 14.1. The summed E-state index contributed by atoms with van der Waals surface area (Å²) in [7, 11) is 2.22. The highest BCUT2D eigenvalue weighted by Gasteiger charge is 2.25. The lowest BCUT2D eigenvalue weighted by atomic mass is 9.97. The topological polar surface area (TPSA) is 39.9 Å². The molecule has 2 aromatic heterocycles. The molecular weight excluding hydrogens is 308 g/mol. The molecule has 7 heteroatoms. The molecule has 0 amide bonds. The van der Waals surface area contributed by atoms with E-state index in [1.165, 1.54) is 45.6 Å². The molecule has 0 N–H and O–H groups in total. The molecule has 0 unspecified atom stereocenters. The molecule has 2 aromatic rings. The van der Waals surface area contributed by atoms with Crippen LogP contribution in [0.3, 0.4) is 0 Å². The largest absolute Gasteiger partial charge is 0.346 e. The van der Waals surface area contributed by atoms with Crippen molar-refractivity contribution >= 4 is 21.4 Å². The number of nitrogens with zero attached hydrogens (tertiary/aromatic N) is 6. The Morgan fingerprint density at radius 3 is 2.83 bits per heavy atom. The van der Waals surface area contributed by atoms with E-state index in [9.17, 15) is 0 Å². The van der Waals surface area contributed by atoms with Crippen LogP contribution in [-0.2, 0) is 0 Å². The molecule has 0 spiro atoms. The fraction of sp³-hybridized carbons (Fsp3) is 0.750. The van der Waals surface area contributed by atoms with Crippen molar-refractivity contribution in [3.8, 4) is 0 Å². The van der Waals surface area contributed by atoms with Gasteiger partial charge in [0.25, 0.3) is 0 Å². The summed E-state index contributed by atoms with van der Waals surface area (Å²) in [6, 6.07) is 0. The molecule has 4 rings (SSSR count). The lowest BCUT2D eigenvalue weighted by Gasteiger charge is -2.38. The predicted molar refractivity (Wildman–Crippen MR) is 94.5 cm³/mol. The molecule has 2 fully saturated rings. The summed E-state index contributed by atoms with van der Waals surface area (Å²) in [5.74, 6) is 0.769. The summed E-state index contributed by atoms with van der Waals surface area (Å²) in [4.78, 5) is 13.1. The summed E-state index contributed by atoms with van der Waals surface area (Å²) in [5, 5.41) is 5.86. The minimum absolute atomic E-state index is 0.769. The van der Waals surface area contributed by atoms with Gasteiger partial charge in [-0.2, -0.15) is 0 Å². The number of piperazine rings is 1. The second-order valence-electron chi connectivity index (χ2n) is 7.05. The van der Waals surface area contributed by atoms with E-state index in [1.807, 2.05) is 17.6 Å². The van der Waals surface area contributed by atoms with E-state index in [4.69, 9.17) is 5.10 Å². The number of hydrogen-bond donors (Lipinski definition) is 0. The van der Waals surface area contributed by atoms with E-state index in [1.54, 1.807) is 11.3 Å². The lowest BCUT2D eigenvalue weighted by molar-refractivity contribution is 0.131. The van der Waals surface area contributed by atoms with Crippen molar-refractivity contribution < 1.29 is 0 Å². The Morgan fingerprint density at radius 2 is 2.04 bits per heavy atom. The monoisotopic (exact) mass is 334 g/mol. The number of aromatic nitrogens is 3. The second kappa shape index (κ2) is 6.37. The van der Waals surface area contributed by atoms with Crippen molar-refractivity contribution in [1.29, 1.82) is 0 Å². The maximum atomic E-state index is 4.73. The molecular formula is C16H26N6S. The molecule has 6 nitrogen and oxygen atoms in total. The molecule has 2 aliphatic heterocycles. The van der Waals surface area contributed by atoms with Gasteiger partial charge in [-0.3, -0.25) is 0 Å². The van der Waals surface area contributed by atoms with E-state index >= 15 is 0 Å². The van der Waals surface area contributed by atoms with Crippen LogP contribution in [0.4, 0.5) is 5.13 Å². The molecule has 23 heavy (non-hydrogen) atoms. The van der Waals surface area contributed by atoms with Crippen LogP contribution in [0.1, 0.15) is 18.5 Å². The fourth-order valence-electron chi connectivity index (χ4n) is 3.71. The number of aryl methyl sites for hydroxylation is 1. The quantitative estimate of drug-likeness (QED) is 0.852. The van der Waals surface area contributed by atoms with Gasteiger partial charge in [0.1, 0.15) is 0 Å². The summed E-state index contributed by atoms with van der Waals surface area (Å²) < 4.78 is 1.93. The fourth-order valence-corrected chi connectivity index (χ4v) is 4.67. The van der Waals surface area contributed by atoms with Crippen molar-refractivity contribution in [2.24, 2.45) is 5.92 Å². The van der Waals surface area contributed by atoms with Crippen LogP contribution in [-0.4, -0.2) is 77.3 Å². The minimum atomic E-state index is 0.769. The third-order valence-electron chi connectivity index (χ3n) is 5.05. The van der Waals surface area contributed by atoms with Crippen LogP contribution in [0.5, 0.6) is 0 Å². The summed E-state index contributed by atoms with van der Waals surface area (Å²) >= 11 is 1.72. The number of hydrogen-bond acceptors (Lipinski definition) is 6. The van der Waals surface area contributed by atoms with Gasteiger partial charge in [0.2, 0.25) is 10.1 Å².